The molecule has 0 bridgehead atoms. The van der Waals surface area contributed by atoms with Crippen LogP contribution in [0.3, 0.4) is 0 Å². The van der Waals surface area contributed by atoms with Gasteiger partial charge in [-0.25, -0.2) is 4.98 Å². The molecule has 1 aromatic carbocycles. The lowest BCUT2D eigenvalue weighted by Gasteiger charge is -2.19. The summed E-state index contributed by atoms with van der Waals surface area (Å²) in [6.45, 7) is 0.838. The maximum absolute atomic E-state index is 9.10. The van der Waals surface area contributed by atoms with Crippen LogP contribution in [0.15, 0.2) is 33.6 Å². The molecule has 0 radical (unpaired) electrons. The molecule has 0 saturated carbocycles. The van der Waals surface area contributed by atoms with Gasteiger partial charge < -0.3 is 10.0 Å². The van der Waals surface area contributed by atoms with E-state index in [4.69, 9.17) is 5.11 Å². The average molecular weight is 313 g/mol. The molecule has 1 aromatic heterocycles. The molecule has 0 amide bonds. The predicted octanol–water partition coefficient (Wildman–Crippen LogP) is 3.03. The number of hydrogen-bond donors (Lipinski definition) is 1. The normalized spacial score (nSPS) is 10.5. The molecule has 1 heterocycles. The highest BCUT2D eigenvalue weighted by atomic mass is 79.9. The lowest BCUT2D eigenvalue weighted by Crippen LogP contribution is -2.16. The second-order valence-electron chi connectivity index (χ2n) is 3.77. The summed E-state index contributed by atoms with van der Waals surface area (Å²) < 4.78 is 0.933. The van der Waals surface area contributed by atoms with E-state index in [-0.39, 0.29) is 6.61 Å². The number of hydrogen-bond acceptors (Lipinski definition) is 4. The quantitative estimate of drug-likeness (QED) is 0.942. The Bertz CT molecular complexity index is 487. The number of aromatic nitrogens is 1. The van der Waals surface area contributed by atoms with Gasteiger partial charge >= 0.3 is 0 Å². The highest BCUT2D eigenvalue weighted by molar-refractivity contribution is 9.10. The Labute approximate surface area is 113 Å². The summed E-state index contributed by atoms with van der Waals surface area (Å²) >= 11 is 5.06. The summed E-state index contributed by atoms with van der Waals surface area (Å²) in [5.41, 5.74) is 4.91. The number of rotatable bonds is 4. The van der Waals surface area contributed by atoms with Crippen LogP contribution in [-0.2, 0) is 13.2 Å². The van der Waals surface area contributed by atoms with Gasteiger partial charge in [0.25, 0.3) is 0 Å². The third-order valence-electron chi connectivity index (χ3n) is 2.53. The summed E-state index contributed by atoms with van der Waals surface area (Å²) in [5, 5.41) is 11.2. The zero-order valence-corrected chi connectivity index (χ0v) is 11.8. The van der Waals surface area contributed by atoms with Gasteiger partial charge in [0.2, 0.25) is 0 Å². The third-order valence-corrected chi connectivity index (χ3v) is 3.90. The Kier molecular flexibility index (Phi) is 4.15. The average Bonchev–Trinajstić information content (AvgIpc) is 2.81. The first-order chi connectivity index (χ1) is 8.20. The first kappa shape index (κ1) is 12.5. The van der Waals surface area contributed by atoms with Crippen molar-refractivity contribution in [2.45, 2.75) is 13.2 Å². The molecule has 17 heavy (non-hydrogen) atoms. The molecule has 0 saturated heterocycles. The van der Waals surface area contributed by atoms with E-state index in [1.54, 1.807) is 11.3 Å². The van der Waals surface area contributed by atoms with Crippen LogP contribution in [0, 0.1) is 0 Å². The minimum absolute atomic E-state index is 0.0522. The van der Waals surface area contributed by atoms with Crippen molar-refractivity contribution in [3.05, 3.63) is 44.8 Å². The maximum Gasteiger partial charge on any atom is 0.0795 e. The van der Waals surface area contributed by atoms with E-state index < -0.39 is 0 Å². The lowest BCUT2D eigenvalue weighted by atomic mass is 10.2. The summed E-state index contributed by atoms with van der Waals surface area (Å²) in [6.07, 6.45) is 0. The van der Waals surface area contributed by atoms with Crippen molar-refractivity contribution in [3.63, 3.8) is 0 Å². The van der Waals surface area contributed by atoms with Gasteiger partial charge in [-0.3, -0.25) is 0 Å². The van der Waals surface area contributed by atoms with E-state index in [0.29, 0.717) is 0 Å². The molecule has 5 heteroatoms. The van der Waals surface area contributed by atoms with Crippen molar-refractivity contribution in [3.8, 4) is 0 Å². The summed E-state index contributed by atoms with van der Waals surface area (Å²) in [4.78, 5) is 6.39. The standard InChI is InChI=1S/C12H13BrN2OS/c1-15(5-10-7-17-8-14-10)11-3-2-9(6-16)12(13)4-11/h2-4,7-8,16H,5-6H2,1H3. The minimum Gasteiger partial charge on any atom is -0.392 e. The van der Waals surface area contributed by atoms with Crippen LogP contribution in [0.2, 0.25) is 0 Å². The number of nitrogens with zero attached hydrogens (tertiary/aromatic N) is 2. The molecular formula is C12H13BrN2OS. The molecule has 0 aliphatic heterocycles. The monoisotopic (exact) mass is 312 g/mol. The van der Waals surface area contributed by atoms with Crippen LogP contribution in [0.1, 0.15) is 11.3 Å². The molecule has 0 fully saturated rings. The van der Waals surface area contributed by atoms with Crippen LogP contribution in [-0.4, -0.2) is 17.1 Å². The fourth-order valence-corrected chi connectivity index (χ4v) is 2.59. The summed E-state index contributed by atoms with van der Waals surface area (Å²) in [5.74, 6) is 0. The van der Waals surface area contributed by atoms with Crippen molar-refractivity contribution in [2.24, 2.45) is 0 Å². The Hall–Kier alpha value is -0.910. The smallest absolute Gasteiger partial charge is 0.0795 e. The highest BCUT2D eigenvalue weighted by Crippen LogP contribution is 2.24. The van der Waals surface area contributed by atoms with Crippen molar-refractivity contribution in [2.75, 3.05) is 11.9 Å². The van der Waals surface area contributed by atoms with Gasteiger partial charge in [-0.1, -0.05) is 22.0 Å². The van der Waals surface area contributed by atoms with Crippen molar-refractivity contribution in [1.29, 1.82) is 0 Å². The van der Waals surface area contributed by atoms with Crippen LogP contribution in [0.25, 0.3) is 0 Å². The molecule has 1 N–H and O–H groups in total. The van der Waals surface area contributed by atoms with Crippen LogP contribution >= 0.6 is 27.3 Å². The highest BCUT2D eigenvalue weighted by Gasteiger charge is 2.06. The Morgan fingerprint density at radius 3 is 2.88 bits per heavy atom. The minimum atomic E-state index is 0.0522. The molecule has 0 aliphatic rings. The maximum atomic E-state index is 9.10. The second-order valence-corrected chi connectivity index (χ2v) is 5.34. The second kappa shape index (κ2) is 5.62. The van der Waals surface area contributed by atoms with E-state index in [1.807, 2.05) is 36.1 Å². The molecule has 0 unspecified atom stereocenters. The topological polar surface area (TPSA) is 36.4 Å². The largest absolute Gasteiger partial charge is 0.392 e. The molecule has 0 spiro atoms. The molecule has 90 valence electrons. The number of benzene rings is 1. The van der Waals surface area contributed by atoms with Gasteiger partial charge in [0.15, 0.2) is 0 Å². The molecule has 0 atom stereocenters. The summed E-state index contributed by atoms with van der Waals surface area (Å²) in [7, 11) is 2.03. The fourth-order valence-electron chi connectivity index (χ4n) is 1.55. The lowest BCUT2D eigenvalue weighted by molar-refractivity contribution is 0.281. The van der Waals surface area contributed by atoms with Gasteiger partial charge in [0, 0.05) is 22.6 Å². The molecule has 0 aliphatic carbocycles. The molecule has 2 aromatic rings. The fraction of sp³-hybridized carbons (Fsp3) is 0.250. The van der Waals surface area contributed by atoms with Crippen molar-refractivity contribution >= 4 is 33.0 Å². The third kappa shape index (κ3) is 3.06. The Morgan fingerprint density at radius 1 is 1.47 bits per heavy atom. The van der Waals surface area contributed by atoms with Gasteiger partial charge in [0.05, 0.1) is 24.4 Å². The van der Waals surface area contributed by atoms with E-state index in [2.05, 4.69) is 25.8 Å². The van der Waals surface area contributed by atoms with Gasteiger partial charge in [-0.05, 0) is 17.7 Å². The number of aliphatic hydroxyl groups excluding tert-OH is 1. The van der Waals surface area contributed by atoms with E-state index >= 15 is 0 Å². The Morgan fingerprint density at radius 2 is 2.29 bits per heavy atom. The van der Waals surface area contributed by atoms with E-state index in [1.165, 1.54) is 0 Å². The summed E-state index contributed by atoms with van der Waals surface area (Å²) in [6, 6.07) is 5.94. The van der Waals surface area contributed by atoms with Gasteiger partial charge in [-0.2, -0.15) is 0 Å². The van der Waals surface area contributed by atoms with E-state index in [9.17, 15) is 0 Å². The van der Waals surface area contributed by atoms with Crippen LogP contribution in [0.5, 0.6) is 0 Å². The molecule has 2 rings (SSSR count). The van der Waals surface area contributed by atoms with Gasteiger partial charge in [-0.15, -0.1) is 11.3 Å². The predicted molar refractivity (Wildman–Crippen MR) is 74.3 cm³/mol. The van der Waals surface area contributed by atoms with Crippen LogP contribution in [0.4, 0.5) is 5.69 Å². The molecular weight excluding hydrogens is 300 g/mol. The number of aliphatic hydroxyl groups is 1. The van der Waals surface area contributed by atoms with Crippen molar-refractivity contribution < 1.29 is 5.11 Å². The first-order valence-corrected chi connectivity index (χ1v) is 6.92. The van der Waals surface area contributed by atoms with E-state index in [0.717, 1.165) is 28.0 Å². The zero-order valence-electron chi connectivity index (χ0n) is 9.43. The van der Waals surface area contributed by atoms with Crippen molar-refractivity contribution in [1.82, 2.24) is 4.98 Å². The molecule has 3 nitrogen and oxygen atoms in total. The van der Waals surface area contributed by atoms with Gasteiger partial charge in [0.1, 0.15) is 0 Å². The number of anilines is 1. The Balaban J connectivity index is 2.14. The van der Waals surface area contributed by atoms with Crippen LogP contribution < -0.4 is 4.90 Å². The number of halogens is 1. The number of thiazole rings is 1. The first-order valence-electron chi connectivity index (χ1n) is 5.18. The SMILES string of the molecule is CN(Cc1cscn1)c1ccc(CO)c(Br)c1. The zero-order chi connectivity index (χ0) is 12.3.